The molecule has 0 heterocycles. The summed E-state index contributed by atoms with van der Waals surface area (Å²) in [5.74, 6) is -1.51. The standard InChI is InChI=1S/C12H15NO3/c14-11(13-8-3-4-8)9-6-1-2-7(5-6)10(9)12(15)16/h1-2,6-10H,3-5H2,(H,13,14)(H,15,16)/t6-,7-,9-,10-/m0/s1. The van der Waals surface area contributed by atoms with Crippen molar-refractivity contribution in [2.75, 3.05) is 0 Å². The first-order valence-corrected chi connectivity index (χ1v) is 5.88. The fourth-order valence-electron chi connectivity index (χ4n) is 3.04. The number of carbonyl (C=O) groups is 2. The van der Waals surface area contributed by atoms with Gasteiger partial charge in [0.05, 0.1) is 11.8 Å². The van der Waals surface area contributed by atoms with E-state index in [0.717, 1.165) is 19.3 Å². The summed E-state index contributed by atoms with van der Waals surface area (Å²) in [4.78, 5) is 23.2. The van der Waals surface area contributed by atoms with Crippen LogP contribution in [-0.2, 0) is 9.59 Å². The van der Waals surface area contributed by atoms with E-state index in [-0.39, 0.29) is 23.7 Å². The molecule has 0 saturated heterocycles. The molecule has 0 unspecified atom stereocenters. The summed E-state index contributed by atoms with van der Waals surface area (Å²) >= 11 is 0. The first-order chi connectivity index (χ1) is 7.66. The maximum atomic E-state index is 12.0. The zero-order valence-corrected chi connectivity index (χ0v) is 8.93. The Labute approximate surface area is 93.7 Å². The van der Waals surface area contributed by atoms with Crippen LogP contribution in [0.15, 0.2) is 12.2 Å². The Morgan fingerprint density at radius 2 is 1.75 bits per heavy atom. The van der Waals surface area contributed by atoms with Crippen LogP contribution in [0.1, 0.15) is 19.3 Å². The van der Waals surface area contributed by atoms with Crippen LogP contribution < -0.4 is 5.32 Å². The van der Waals surface area contributed by atoms with Crippen molar-refractivity contribution in [2.45, 2.75) is 25.3 Å². The van der Waals surface area contributed by atoms with E-state index in [1.165, 1.54) is 0 Å². The molecule has 0 aromatic carbocycles. The topological polar surface area (TPSA) is 66.4 Å². The van der Waals surface area contributed by atoms with Crippen LogP contribution in [0.3, 0.4) is 0 Å². The molecule has 4 heteroatoms. The van der Waals surface area contributed by atoms with Crippen molar-refractivity contribution >= 4 is 11.9 Å². The van der Waals surface area contributed by atoms with Gasteiger partial charge in [-0.15, -0.1) is 0 Å². The number of nitrogens with one attached hydrogen (secondary N) is 1. The third kappa shape index (κ3) is 1.44. The lowest BCUT2D eigenvalue weighted by molar-refractivity contribution is -0.147. The SMILES string of the molecule is O=C(O)[C@@H]1[C@@H](C(=O)NC2CC2)[C@H]2C=C[C@H]1C2. The number of hydrogen-bond donors (Lipinski definition) is 2. The Morgan fingerprint density at radius 3 is 2.31 bits per heavy atom. The molecule has 0 aromatic rings. The Balaban J connectivity index is 1.78. The maximum absolute atomic E-state index is 12.0. The van der Waals surface area contributed by atoms with E-state index in [2.05, 4.69) is 5.32 Å². The van der Waals surface area contributed by atoms with Crippen LogP contribution in [-0.4, -0.2) is 23.0 Å². The van der Waals surface area contributed by atoms with Crippen LogP contribution in [0.25, 0.3) is 0 Å². The molecule has 0 radical (unpaired) electrons. The van der Waals surface area contributed by atoms with Gasteiger partial charge in [0.2, 0.25) is 5.91 Å². The zero-order valence-electron chi connectivity index (χ0n) is 8.93. The van der Waals surface area contributed by atoms with Gasteiger partial charge in [-0.2, -0.15) is 0 Å². The lowest BCUT2D eigenvalue weighted by Gasteiger charge is -2.23. The molecule has 3 aliphatic carbocycles. The van der Waals surface area contributed by atoms with Crippen molar-refractivity contribution in [2.24, 2.45) is 23.7 Å². The summed E-state index contributed by atoms with van der Waals surface area (Å²) in [5, 5.41) is 12.1. The van der Waals surface area contributed by atoms with E-state index in [0.29, 0.717) is 6.04 Å². The van der Waals surface area contributed by atoms with Crippen molar-refractivity contribution < 1.29 is 14.7 Å². The highest BCUT2D eigenvalue weighted by Gasteiger charge is 2.52. The van der Waals surface area contributed by atoms with Gasteiger partial charge in [-0.25, -0.2) is 0 Å². The van der Waals surface area contributed by atoms with Gasteiger partial charge in [0.15, 0.2) is 0 Å². The van der Waals surface area contributed by atoms with Crippen molar-refractivity contribution in [1.82, 2.24) is 5.32 Å². The van der Waals surface area contributed by atoms with Crippen molar-refractivity contribution in [1.29, 1.82) is 0 Å². The molecule has 2 bridgehead atoms. The van der Waals surface area contributed by atoms with Crippen LogP contribution >= 0.6 is 0 Å². The summed E-state index contributed by atoms with van der Waals surface area (Å²) in [7, 11) is 0. The van der Waals surface area contributed by atoms with Gasteiger partial charge in [0.1, 0.15) is 0 Å². The Hall–Kier alpha value is -1.32. The molecule has 0 aromatic heterocycles. The van der Waals surface area contributed by atoms with Gasteiger partial charge in [-0.3, -0.25) is 9.59 Å². The lowest BCUT2D eigenvalue weighted by Crippen LogP contribution is -2.40. The fourth-order valence-corrected chi connectivity index (χ4v) is 3.04. The highest BCUT2D eigenvalue weighted by atomic mass is 16.4. The summed E-state index contributed by atoms with van der Waals surface area (Å²) in [6.45, 7) is 0. The van der Waals surface area contributed by atoms with E-state index >= 15 is 0 Å². The number of rotatable bonds is 3. The molecule has 86 valence electrons. The monoisotopic (exact) mass is 221 g/mol. The average molecular weight is 221 g/mol. The quantitative estimate of drug-likeness (QED) is 0.692. The second-order valence-electron chi connectivity index (χ2n) is 5.12. The van der Waals surface area contributed by atoms with Crippen LogP contribution in [0.4, 0.5) is 0 Å². The van der Waals surface area contributed by atoms with E-state index in [4.69, 9.17) is 0 Å². The molecule has 0 aliphatic heterocycles. The molecule has 4 nitrogen and oxygen atoms in total. The zero-order chi connectivity index (χ0) is 11.3. The van der Waals surface area contributed by atoms with Crippen molar-refractivity contribution in [3.63, 3.8) is 0 Å². The summed E-state index contributed by atoms with van der Waals surface area (Å²) in [5.41, 5.74) is 0. The van der Waals surface area contributed by atoms with Crippen LogP contribution in [0.2, 0.25) is 0 Å². The number of fused-ring (bicyclic) bond motifs is 2. The normalized spacial score (nSPS) is 40.0. The number of aliphatic carboxylic acids is 1. The predicted octanol–water partition coefficient (Wildman–Crippen LogP) is 0.788. The minimum Gasteiger partial charge on any atom is -0.481 e. The molecule has 16 heavy (non-hydrogen) atoms. The van der Waals surface area contributed by atoms with Crippen molar-refractivity contribution in [3.8, 4) is 0 Å². The average Bonchev–Trinajstić information content (AvgIpc) is 2.81. The lowest BCUT2D eigenvalue weighted by atomic mass is 9.82. The first-order valence-electron chi connectivity index (χ1n) is 5.88. The molecule has 4 atom stereocenters. The smallest absolute Gasteiger partial charge is 0.307 e. The van der Waals surface area contributed by atoms with E-state index < -0.39 is 11.9 Å². The molecule has 3 aliphatic rings. The third-order valence-electron chi connectivity index (χ3n) is 3.97. The molecular weight excluding hydrogens is 206 g/mol. The molecule has 1 amide bonds. The van der Waals surface area contributed by atoms with Gasteiger partial charge in [-0.05, 0) is 31.1 Å². The minimum absolute atomic E-state index is 0.0493. The van der Waals surface area contributed by atoms with Gasteiger partial charge in [0, 0.05) is 6.04 Å². The Kier molecular flexibility index (Phi) is 2.06. The van der Waals surface area contributed by atoms with E-state index in [1.54, 1.807) is 0 Å². The highest BCUT2D eigenvalue weighted by molar-refractivity contribution is 5.87. The molecule has 3 rings (SSSR count). The van der Waals surface area contributed by atoms with Gasteiger partial charge in [0.25, 0.3) is 0 Å². The largest absolute Gasteiger partial charge is 0.481 e. The Morgan fingerprint density at radius 1 is 1.12 bits per heavy atom. The number of amides is 1. The summed E-state index contributed by atoms with van der Waals surface area (Å²) in [6.07, 6.45) is 6.89. The number of carboxylic acid groups (broad SMARTS) is 1. The van der Waals surface area contributed by atoms with Gasteiger partial charge < -0.3 is 10.4 Å². The van der Waals surface area contributed by atoms with Gasteiger partial charge in [-0.1, -0.05) is 12.2 Å². The van der Waals surface area contributed by atoms with Gasteiger partial charge >= 0.3 is 5.97 Å². The second kappa shape index (κ2) is 3.34. The molecule has 0 spiro atoms. The summed E-state index contributed by atoms with van der Waals surface area (Å²) in [6, 6.07) is 0.310. The molecular formula is C12H15NO3. The number of allylic oxidation sites excluding steroid dienone is 2. The number of carbonyl (C=O) groups excluding carboxylic acids is 1. The second-order valence-corrected chi connectivity index (χ2v) is 5.12. The summed E-state index contributed by atoms with van der Waals surface area (Å²) < 4.78 is 0. The predicted molar refractivity (Wildman–Crippen MR) is 56.5 cm³/mol. The molecule has 2 fully saturated rings. The van der Waals surface area contributed by atoms with E-state index in [9.17, 15) is 14.7 Å². The van der Waals surface area contributed by atoms with Crippen LogP contribution in [0, 0.1) is 23.7 Å². The number of hydrogen-bond acceptors (Lipinski definition) is 2. The number of carboxylic acids is 1. The Bertz CT molecular complexity index is 372. The minimum atomic E-state index is -0.826. The fraction of sp³-hybridized carbons (Fsp3) is 0.667. The maximum Gasteiger partial charge on any atom is 0.307 e. The van der Waals surface area contributed by atoms with Crippen LogP contribution in [0.5, 0.6) is 0 Å². The molecule has 2 saturated carbocycles. The highest BCUT2D eigenvalue weighted by Crippen LogP contribution is 2.48. The molecule has 2 N–H and O–H groups in total. The third-order valence-corrected chi connectivity index (χ3v) is 3.97. The first kappa shape index (κ1) is 9.87. The van der Waals surface area contributed by atoms with Crippen molar-refractivity contribution in [3.05, 3.63) is 12.2 Å². The van der Waals surface area contributed by atoms with E-state index in [1.807, 2.05) is 12.2 Å².